The van der Waals surface area contributed by atoms with Crippen LogP contribution in [0, 0.1) is 0 Å². The van der Waals surface area contributed by atoms with E-state index in [0.717, 1.165) is 5.13 Å². The monoisotopic (exact) mass is 526 g/mol. The van der Waals surface area contributed by atoms with Gasteiger partial charge >= 0.3 is 0 Å². The van der Waals surface area contributed by atoms with Gasteiger partial charge in [-0.3, -0.25) is 19.8 Å². The van der Waals surface area contributed by atoms with Crippen LogP contribution in [-0.2, 0) is 14.3 Å². The predicted octanol–water partition coefficient (Wildman–Crippen LogP) is 4.26. The van der Waals surface area contributed by atoms with E-state index in [4.69, 9.17) is 33.3 Å². The number of rotatable bonds is 5. The summed E-state index contributed by atoms with van der Waals surface area (Å²) in [5.74, 6) is 0.160. The van der Waals surface area contributed by atoms with Crippen molar-refractivity contribution in [2.75, 3.05) is 36.1 Å². The van der Waals surface area contributed by atoms with Gasteiger partial charge in [-0.05, 0) is 54.7 Å². The topological polar surface area (TPSA) is 84.0 Å². The second-order valence-electron chi connectivity index (χ2n) is 7.62. The molecule has 2 aliphatic heterocycles. The number of anilines is 2. The highest BCUT2D eigenvalue weighted by Gasteiger charge is 2.35. The lowest BCUT2D eigenvalue weighted by molar-refractivity contribution is -0.122. The Labute approximate surface area is 215 Å². The standard InChI is InChI=1S/C24H19ClN4O4S2/c25-20-19(35-24(26-20)28-10-12-32-13-11-28)14-18-21(30)27-23(34)29(22(18)31)15-6-8-17(9-7-15)33-16-4-2-1-3-5-16/h1-9,14H,10-13H2,(H,27,30,34)/b18-14+. The average Bonchev–Trinajstić information content (AvgIpc) is 3.24. The molecule has 35 heavy (non-hydrogen) atoms. The first kappa shape index (κ1) is 23.4. The van der Waals surface area contributed by atoms with Gasteiger partial charge in [-0.1, -0.05) is 41.1 Å². The lowest BCUT2D eigenvalue weighted by Crippen LogP contribution is -2.54. The fourth-order valence-corrected chi connectivity index (χ4v) is 5.13. The third-order valence-electron chi connectivity index (χ3n) is 5.33. The summed E-state index contributed by atoms with van der Waals surface area (Å²) in [7, 11) is 0. The van der Waals surface area contributed by atoms with Crippen LogP contribution >= 0.6 is 35.2 Å². The molecule has 178 valence electrons. The van der Waals surface area contributed by atoms with Gasteiger partial charge in [0, 0.05) is 13.1 Å². The van der Waals surface area contributed by atoms with Crippen molar-refractivity contribution < 1.29 is 19.1 Å². The van der Waals surface area contributed by atoms with Gasteiger partial charge < -0.3 is 14.4 Å². The molecule has 0 spiro atoms. The Balaban J connectivity index is 1.39. The molecule has 5 rings (SSSR count). The summed E-state index contributed by atoms with van der Waals surface area (Å²) >= 11 is 13.0. The largest absolute Gasteiger partial charge is 0.457 e. The smallest absolute Gasteiger partial charge is 0.270 e. The Bertz CT molecular complexity index is 1300. The van der Waals surface area contributed by atoms with E-state index in [1.54, 1.807) is 24.3 Å². The number of carbonyl (C=O) groups is 2. The van der Waals surface area contributed by atoms with Crippen LogP contribution < -0.4 is 19.9 Å². The first-order valence-corrected chi connectivity index (χ1v) is 12.3. The molecule has 0 unspecified atom stereocenters. The number of amides is 2. The van der Waals surface area contributed by atoms with Crippen LogP contribution in [0.25, 0.3) is 6.08 Å². The Morgan fingerprint density at radius 3 is 2.46 bits per heavy atom. The van der Waals surface area contributed by atoms with E-state index >= 15 is 0 Å². The molecule has 0 bridgehead atoms. The zero-order valence-electron chi connectivity index (χ0n) is 18.3. The first-order chi connectivity index (χ1) is 17.0. The van der Waals surface area contributed by atoms with Crippen LogP contribution in [0.3, 0.4) is 0 Å². The van der Waals surface area contributed by atoms with E-state index in [1.807, 2.05) is 30.3 Å². The third-order valence-corrected chi connectivity index (χ3v) is 7.08. The van der Waals surface area contributed by atoms with Crippen molar-refractivity contribution in [3.05, 3.63) is 70.2 Å². The fourth-order valence-electron chi connectivity index (χ4n) is 3.59. The van der Waals surface area contributed by atoms with Crippen molar-refractivity contribution in [3.63, 3.8) is 0 Å². The van der Waals surface area contributed by atoms with E-state index in [0.29, 0.717) is 48.4 Å². The van der Waals surface area contributed by atoms with Crippen LogP contribution in [0.4, 0.5) is 10.8 Å². The summed E-state index contributed by atoms with van der Waals surface area (Å²) in [5.41, 5.74) is 0.415. The summed E-state index contributed by atoms with van der Waals surface area (Å²) in [4.78, 5) is 34.2. The number of halogens is 1. The minimum absolute atomic E-state index is 0.00159. The SMILES string of the molecule is O=C1NC(=S)N(c2ccc(Oc3ccccc3)cc2)C(=O)/C1=C/c1sc(N2CCOCC2)nc1Cl. The van der Waals surface area contributed by atoms with E-state index in [9.17, 15) is 9.59 Å². The summed E-state index contributed by atoms with van der Waals surface area (Å²) < 4.78 is 11.2. The number of nitrogens with zero attached hydrogens (tertiary/aromatic N) is 3. The summed E-state index contributed by atoms with van der Waals surface area (Å²) in [6.07, 6.45) is 1.46. The Kier molecular flexibility index (Phi) is 6.78. The van der Waals surface area contributed by atoms with Gasteiger partial charge in [-0.15, -0.1) is 0 Å². The summed E-state index contributed by atoms with van der Waals surface area (Å²) in [6.45, 7) is 2.61. The summed E-state index contributed by atoms with van der Waals surface area (Å²) in [5, 5.41) is 3.53. The van der Waals surface area contributed by atoms with Crippen molar-refractivity contribution in [3.8, 4) is 11.5 Å². The molecule has 2 aromatic carbocycles. The van der Waals surface area contributed by atoms with E-state index in [-0.39, 0.29) is 15.8 Å². The third kappa shape index (κ3) is 5.06. The Morgan fingerprint density at radius 1 is 1.06 bits per heavy atom. The van der Waals surface area contributed by atoms with Crippen molar-refractivity contribution in [2.45, 2.75) is 0 Å². The van der Waals surface area contributed by atoms with Crippen LogP contribution in [0.15, 0.2) is 60.2 Å². The average molecular weight is 527 g/mol. The molecule has 1 aromatic heterocycles. The highest BCUT2D eigenvalue weighted by atomic mass is 35.5. The van der Waals surface area contributed by atoms with Crippen LogP contribution in [0.1, 0.15) is 4.88 Å². The number of nitrogens with one attached hydrogen (secondary N) is 1. The number of hydrogen-bond donors (Lipinski definition) is 1. The maximum atomic E-state index is 13.3. The predicted molar refractivity (Wildman–Crippen MR) is 139 cm³/mol. The second-order valence-corrected chi connectivity index (χ2v) is 9.37. The van der Waals surface area contributed by atoms with E-state index in [1.165, 1.54) is 22.3 Å². The second kappa shape index (κ2) is 10.1. The number of aromatic nitrogens is 1. The van der Waals surface area contributed by atoms with Crippen molar-refractivity contribution in [1.82, 2.24) is 10.3 Å². The van der Waals surface area contributed by atoms with E-state index < -0.39 is 11.8 Å². The van der Waals surface area contributed by atoms with Gasteiger partial charge in [0.2, 0.25) is 0 Å². The van der Waals surface area contributed by atoms with Crippen LogP contribution in [0.2, 0.25) is 5.15 Å². The molecule has 2 fully saturated rings. The molecule has 11 heteroatoms. The maximum absolute atomic E-state index is 13.3. The van der Waals surface area contributed by atoms with Crippen LogP contribution in [0.5, 0.6) is 11.5 Å². The number of benzene rings is 2. The summed E-state index contributed by atoms with van der Waals surface area (Å²) in [6, 6.07) is 16.2. The fraction of sp³-hybridized carbons (Fsp3) is 0.167. The number of thiocarbonyl (C=S) groups is 1. The molecular formula is C24H19ClN4O4S2. The molecular weight excluding hydrogens is 508 g/mol. The van der Waals surface area contributed by atoms with Gasteiger partial charge in [0.05, 0.1) is 23.8 Å². The maximum Gasteiger partial charge on any atom is 0.270 e. The molecule has 1 N–H and O–H groups in total. The van der Waals surface area contributed by atoms with Gasteiger partial charge in [0.25, 0.3) is 11.8 Å². The zero-order valence-corrected chi connectivity index (χ0v) is 20.7. The van der Waals surface area contributed by atoms with Crippen molar-refractivity contribution in [2.24, 2.45) is 0 Å². The molecule has 3 aromatic rings. The Hall–Kier alpha value is -3.31. The molecule has 0 radical (unpaired) electrons. The number of ether oxygens (including phenoxy) is 2. The number of morpholine rings is 1. The minimum Gasteiger partial charge on any atom is -0.457 e. The van der Waals surface area contributed by atoms with Gasteiger partial charge in [0.15, 0.2) is 10.2 Å². The molecule has 0 saturated carbocycles. The number of hydrogen-bond acceptors (Lipinski definition) is 8. The lowest BCUT2D eigenvalue weighted by atomic mass is 10.1. The number of thiazole rings is 1. The van der Waals surface area contributed by atoms with E-state index in [2.05, 4.69) is 15.2 Å². The highest BCUT2D eigenvalue weighted by Crippen LogP contribution is 2.33. The lowest BCUT2D eigenvalue weighted by Gasteiger charge is -2.29. The molecule has 8 nitrogen and oxygen atoms in total. The molecule has 2 aliphatic rings. The van der Waals surface area contributed by atoms with Crippen molar-refractivity contribution in [1.29, 1.82) is 0 Å². The zero-order chi connectivity index (χ0) is 24.4. The van der Waals surface area contributed by atoms with Gasteiger partial charge in [0.1, 0.15) is 22.2 Å². The quantitative estimate of drug-likeness (QED) is 0.302. The normalized spacial score (nSPS) is 17.6. The highest BCUT2D eigenvalue weighted by molar-refractivity contribution is 7.80. The molecule has 3 heterocycles. The minimum atomic E-state index is -0.585. The number of para-hydroxylation sites is 1. The molecule has 0 atom stereocenters. The van der Waals surface area contributed by atoms with Crippen LogP contribution in [-0.4, -0.2) is 48.2 Å². The Morgan fingerprint density at radius 2 is 1.74 bits per heavy atom. The molecule has 2 amide bonds. The number of carbonyl (C=O) groups excluding carboxylic acids is 2. The molecule has 2 saturated heterocycles. The van der Waals surface area contributed by atoms with Gasteiger partial charge in [-0.25, -0.2) is 4.98 Å². The molecule has 0 aliphatic carbocycles. The first-order valence-electron chi connectivity index (χ1n) is 10.7. The van der Waals surface area contributed by atoms with Gasteiger partial charge in [-0.2, -0.15) is 0 Å². The van der Waals surface area contributed by atoms with Crippen molar-refractivity contribution >= 4 is 69.0 Å².